The maximum absolute atomic E-state index is 11.1. The number of rotatable bonds is 5. The molecule has 1 unspecified atom stereocenters. The Morgan fingerprint density at radius 2 is 1.62 bits per heavy atom. The number of nitrogens with zero attached hydrogens (tertiary/aromatic N) is 1. The van der Waals surface area contributed by atoms with Crippen LogP contribution in [0.2, 0.25) is 0 Å². The summed E-state index contributed by atoms with van der Waals surface area (Å²) in [5, 5.41) is 3.26. The van der Waals surface area contributed by atoms with Crippen LogP contribution in [0, 0.1) is 10.3 Å². The molecular weight excluding hydrogens is 262 g/mol. The molecule has 0 aliphatic carbocycles. The first-order valence-electron chi connectivity index (χ1n) is 7.10. The Balaban J connectivity index is 2.03. The third-order valence-electron chi connectivity index (χ3n) is 3.37. The van der Waals surface area contributed by atoms with E-state index in [1.54, 1.807) is 0 Å². The fourth-order valence-corrected chi connectivity index (χ4v) is 2.21. The van der Waals surface area contributed by atoms with E-state index in [-0.39, 0.29) is 11.5 Å². The number of benzene rings is 2. The van der Waals surface area contributed by atoms with Crippen molar-refractivity contribution in [2.45, 2.75) is 33.4 Å². The first-order chi connectivity index (χ1) is 10.0. The largest absolute Gasteiger partial charge is 0.489 e. The Bertz CT molecular complexity index is 570. The maximum atomic E-state index is 11.1. The van der Waals surface area contributed by atoms with Crippen LogP contribution >= 0.6 is 0 Å². The zero-order chi connectivity index (χ0) is 15.3. The zero-order valence-electron chi connectivity index (χ0n) is 12.7. The summed E-state index contributed by atoms with van der Waals surface area (Å²) in [5.74, 6) is 0.793. The van der Waals surface area contributed by atoms with E-state index in [9.17, 15) is 4.91 Å². The van der Waals surface area contributed by atoms with E-state index >= 15 is 0 Å². The molecule has 0 fully saturated rings. The van der Waals surface area contributed by atoms with E-state index in [0.29, 0.717) is 6.61 Å². The van der Waals surface area contributed by atoms with Crippen LogP contribution in [0.1, 0.15) is 37.9 Å². The quantitative estimate of drug-likeness (QED) is 0.714. The molecule has 0 N–H and O–H groups in total. The normalized spacial score (nSPS) is 12.7. The van der Waals surface area contributed by atoms with Crippen molar-refractivity contribution >= 4 is 0 Å². The summed E-state index contributed by atoms with van der Waals surface area (Å²) in [7, 11) is 0. The molecular formula is C18H21NO2. The van der Waals surface area contributed by atoms with Crippen LogP contribution in [-0.2, 0) is 6.61 Å². The monoisotopic (exact) mass is 283 g/mol. The molecule has 0 aliphatic rings. The van der Waals surface area contributed by atoms with Crippen LogP contribution in [0.3, 0.4) is 0 Å². The second kappa shape index (κ2) is 6.53. The fourth-order valence-electron chi connectivity index (χ4n) is 2.21. The molecule has 3 heteroatoms. The first-order valence-corrected chi connectivity index (χ1v) is 7.10. The van der Waals surface area contributed by atoms with Gasteiger partial charge in [0.1, 0.15) is 18.4 Å². The standard InChI is InChI=1S/C18H21NO2/c1-18(2,3)17(19-20)15-9-11-16(12-10-15)21-13-14-7-5-4-6-8-14/h4-12,17H,13H2,1-3H3. The molecule has 0 bridgehead atoms. The summed E-state index contributed by atoms with van der Waals surface area (Å²) in [6.07, 6.45) is 0. The minimum atomic E-state index is -0.347. The van der Waals surface area contributed by atoms with Gasteiger partial charge in [-0.05, 0) is 28.7 Å². The summed E-state index contributed by atoms with van der Waals surface area (Å²) in [6, 6.07) is 17.3. The predicted molar refractivity (Wildman–Crippen MR) is 85.2 cm³/mol. The Morgan fingerprint density at radius 3 is 2.14 bits per heavy atom. The molecule has 21 heavy (non-hydrogen) atoms. The SMILES string of the molecule is CC(C)(C)C(N=O)c1ccc(OCc2ccccc2)cc1. The lowest BCUT2D eigenvalue weighted by Gasteiger charge is -2.24. The van der Waals surface area contributed by atoms with Crippen LogP contribution < -0.4 is 4.74 Å². The van der Waals surface area contributed by atoms with Gasteiger partial charge in [-0.25, -0.2) is 0 Å². The molecule has 2 aromatic carbocycles. The Morgan fingerprint density at radius 1 is 1.00 bits per heavy atom. The Kier molecular flexibility index (Phi) is 4.73. The minimum absolute atomic E-state index is 0.186. The van der Waals surface area contributed by atoms with E-state index in [4.69, 9.17) is 4.74 Å². The van der Waals surface area contributed by atoms with E-state index in [1.165, 1.54) is 0 Å². The lowest BCUT2D eigenvalue weighted by atomic mass is 9.83. The van der Waals surface area contributed by atoms with Gasteiger partial charge in [-0.15, -0.1) is 0 Å². The smallest absolute Gasteiger partial charge is 0.122 e. The highest BCUT2D eigenvalue weighted by Gasteiger charge is 2.27. The van der Waals surface area contributed by atoms with Crippen molar-refractivity contribution in [3.63, 3.8) is 0 Å². The predicted octanol–water partition coefficient (Wildman–Crippen LogP) is 5.12. The average Bonchev–Trinajstić information content (AvgIpc) is 2.47. The van der Waals surface area contributed by atoms with Gasteiger partial charge in [0.15, 0.2) is 0 Å². The molecule has 1 atom stereocenters. The highest BCUT2D eigenvalue weighted by Crippen LogP contribution is 2.36. The molecule has 0 radical (unpaired) electrons. The van der Waals surface area contributed by atoms with Gasteiger partial charge in [-0.2, -0.15) is 4.91 Å². The topological polar surface area (TPSA) is 38.7 Å². The van der Waals surface area contributed by atoms with Crippen LogP contribution in [-0.4, -0.2) is 0 Å². The van der Waals surface area contributed by atoms with Gasteiger partial charge in [-0.1, -0.05) is 68.4 Å². The number of hydrogen-bond acceptors (Lipinski definition) is 3. The highest BCUT2D eigenvalue weighted by molar-refractivity contribution is 5.30. The molecule has 0 saturated carbocycles. The molecule has 110 valence electrons. The number of hydrogen-bond donors (Lipinski definition) is 0. The van der Waals surface area contributed by atoms with Crippen molar-refractivity contribution < 1.29 is 4.74 Å². The third-order valence-corrected chi connectivity index (χ3v) is 3.37. The lowest BCUT2D eigenvalue weighted by Crippen LogP contribution is -2.16. The van der Waals surface area contributed by atoms with Crippen LogP contribution in [0.5, 0.6) is 5.75 Å². The number of ether oxygens (including phenoxy) is 1. The van der Waals surface area contributed by atoms with Gasteiger partial charge in [0.25, 0.3) is 0 Å². The van der Waals surface area contributed by atoms with Gasteiger partial charge >= 0.3 is 0 Å². The van der Waals surface area contributed by atoms with Gasteiger partial charge in [-0.3, -0.25) is 0 Å². The molecule has 0 saturated heterocycles. The summed E-state index contributed by atoms with van der Waals surface area (Å²) >= 11 is 0. The lowest BCUT2D eigenvalue weighted by molar-refractivity contribution is 0.304. The van der Waals surface area contributed by atoms with Crippen LogP contribution in [0.4, 0.5) is 0 Å². The molecule has 0 spiro atoms. The zero-order valence-corrected chi connectivity index (χ0v) is 12.7. The second-order valence-corrected chi connectivity index (χ2v) is 6.22. The second-order valence-electron chi connectivity index (χ2n) is 6.22. The van der Waals surface area contributed by atoms with E-state index in [2.05, 4.69) is 5.18 Å². The van der Waals surface area contributed by atoms with Crippen molar-refractivity contribution in [3.05, 3.63) is 70.6 Å². The maximum Gasteiger partial charge on any atom is 0.122 e. The van der Waals surface area contributed by atoms with E-state index in [1.807, 2.05) is 75.4 Å². The summed E-state index contributed by atoms with van der Waals surface area (Å²) in [5.41, 5.74) is 1.86. The van der Waals surface area contributed by atoms with Crippen molar-refractivity contribution in [2.24, 2.45) is 10.6 Å². The van der Waals surface area contributed by atoms with Crippen molar-refractivity contribution in [2.75, 3.05) is 0 Å². The molecule has 2 rings (SSSR count). The third kappa shape index (κ3) is 4.15. The molecule has 2 aromatic rings. The first kappa shape index (κ1) is 15.2. The molecule has 0 heterocycles. The Hall–Kier alpha value is -2.16. The molecule has 0 aromatic heterocycles. The Labute approximate surface area is 125 Å². The van der Waals surface area contributed by atoms with E-state index < -0.39 is 0 Å². The highest BCUT2D eigenvalue weighted by atomic mass is 16.5. The van der Waals surface area contributed by atoms with Gasteiger partial charge in [0.2, 0.25) is 0 Å². The summed E-state index contributed by atoms with van der Waals surface area (Å²) in [4.78, 5) is 11.1. The van der Waals surface area contributed by atoms with Crippen molar-refractivity contribution in [3.8, 4) is 5.75 Å². The summed E-state index contributed by atoms with van der Waals surface area (Å²) < 4.78 is 5.74. The molecule has 0 aliphatic heterocycles. The average molecular weight is 283 g/mol. The van der Waals surface area contributed by atoms with Crippen LogP contribution in [0.25, 0.3) is 0 Å². The van der Waals surface area contributed by atoms with E-state index in [0.717, 1.165) is 16.9 Å². The van der Waals surface area contributed by atoms with Gasteiger partial charge < -0.3 is 4.74 Å². The molecule has 3 nitrogen and oxygen atoms in total. The van der Waals surface area contributed by atoms with Gasteiger partial charge in [0, 0.05) is 0 Å². The van der Waals surface area contributed by atoms with Crippen molar-refractivity contribution in [1.29, 1.82) is 0 Å². The van der Waals surface area contributed by atoms with Gasteiger partial charge in [0.05, 0.1) is 0 Å². The van der Waals surface area contributed by atoms with Crippen LogP contribution in [0.15, 0.2) is 59.8 Å². The summed E-state index contributed by atoms with van der Waals surface area (Å²) in [6.45, 7) is 6.57. The minimum Gasteiger partial charge on any atom is -0.489 e. The fraction of sp³-hybridized carbons (Fsp3) is 0.333. The van der Waals surface area contributed by atoms with Crippen molar-refractivity contribution in [1.82, 2.24) is 0 Å². The number of nitroso groups, excluding NO2 is 1. The molecule has 0 amide bonds.